The van der Waals surface area contributed by atoms with Crippen LogP contribution in [-0.2, 0) is 14.8 Å². The van der Waals surface area contributed by atoms with Gasteiger partial charge in [0, 0.05) is 24.7 Å². The third-order valence-corrected chi connectivity index (χ3v) is 6.22. The fourth-order valence-corrected chi connectivity index (χ4v) is 4.93. The van der Waals surface area contributed by atoms with Gasteiger partial charge in [-0.1, -0.05) is 12.1 Å². The molecule has 19 heavy (non-hydrogen) atoms. The zero-order chi connectivity index (χ0) is 13.9. The Hall–Kier alpha value is -0.430. The second-order valence-corrected chi connectivity index (χ2v) is 7.52. The Morgan fingerprint density at radius 3 is 2.84 bits per heavy atom. The Morgan fingerprint density at radius 1 is 1.42 bits per heavy atom. The molecule has 1 aromatic rings. The second kappa shape index (κ2) is 6.35. The van der Waals surface area contributed by atoms with Crippen molar-refractivity contribution in [1.29, 1.82) is 0 Å². The molecule has 0 saturated carbocycles. The Labute approximate surface area is 122 Å². The van der Waals surface area contributed by atoms with Crippen LogP contribution in [0.5, 0.6) is 0 Å². The molecule has 0 aromatic heterocycles. The first-order valence-corrected chi connectivity index (χ1v) is 8.52. The number of ether oxygens (including phenoxy) is 1. The van der Waals surface area contributed by atoms with E-state index < -0.39 is 10.0 Å². The van der Waals surface area contributed by atoms with Gasteiger partial charge in [0.15, 0.2) is 0 Å². The summed E-state index contributed by atoms with van der Waals surface area (Å²) in [5.41, 5.74) is 0. The lowest BCUT2D eigenvalue weighted by molar-refractivity contribution is 0.118. The lowest BCUT2D eigenvalue weighted by atomic mass is 10.0. The normalized spacial score (nSPS) is 21.5. The van der Waals surface area contributed by atoms with Crippen LogP contribution in [-0.4, -0.2) is 39.5 Å². The first-order chi connectivity index (χ1) is 9.05. The van der Waals surface area contributed by atoms with Crippen LogP contribution in [0.2, 0.25) is 0 Å². The van der Waals surface area contributed by atoms with Crippen molar-refractivity contribution in [2.24, 2.45) is 5.92 Å². The van der Waals surface area contributed by atoms with Gasteiger partial charge in [0.25, 0.3) is 0 Å². The molecule has 106 valence electrons. The monoisotopic (exact) mass is 347 g/mol. The fraction of sp³-hybridized carbons (Fsp3) is 0.538. The van der Waals surface area contributed by atoms with Crippen molar-refractivity contribution in [3.8, 4) is 0 Å². The number of halogens is 1. The molecular formula is C13H18BrNO3S. The highest BCUT2D eigenvalue weighted by atomic mass is 79.9. The van der Waals surface area contributed by atoms with Gasteiger partial charge in [-0.3, -0.25) is 0 Å². The van der Waals surface area contributed by atoms with Crippen molar-refractivity contribution >= 4 is 26.0 Å². The van der Waals surface area contributed by atoms with Crippen LogP contribution in [0.1, 0.15) is 12.8 Å². The van der Waals surface area contributed by atoms with Crippen LogP contribution in [0.3, 0.4) is 0 Å². The summed E-state index contributed by atoms with van der Waals surface area (Å²) in [5.74, 6) is 0.288. The molecular weight excluding hydrogens is 330 g/mol. The highest BCUT2D eigenvalue weighted by Crippen LogP contribution is 2.28. The smallest absolute Gasteiger partial charge is 0.244 e. The molecule has 0 spiro atoms. The molecule has 1 heterocycles. The van der Waals surface area contributed by atoms with E-state index in [0.29, 0.717) is 29.1 Å². The molecule has 1 fully saturated rings. The summed E-state index contributed by atoms with van der Waals surface area (Å²) in [6.45, 7) is 1.74. The quantitative estimate of drug-likeness (QED) is 0.840. The van der Waals surface area contributed by atoms with E-state index >= 15 is 0 Å². The van der Waals surface area contributed by atoms with Crippen molar-refractivity contribution in [3.05, 3.63) is 28.7 Å². The molecule has 0 radical (unpaired) electrons. The summed E-state index contributed by atoms with van der Waals surface area (Å²) in [6, 6.07) is 6.95. The molecule has 1 atom stereocenters. The predicted octanol–water partition coefficient (Wildman–Crippen LogP) is 2.50. The molecule has 1 saturated heterocycles. The van der Waals surface area contributed by atoms with E-state index in [0.717, 1.165) is 12.8 Å². The maximum Gasteiger partial charge on any atom is 0.244 e. The van der Waals surface area contributed by atoms with Gasteiger partial charge in [0.2, 0.25) is 10.0 Å². The first-order valence-electron chi connectivity index (χ1n) is 6.29. The van der Waals surface area contributed by atoms with Gasteiger partial charge in [-0.05, 0) is 46.8 Å². The minimum atomic E-state index is -3.41. The summed E-state index contributed by atoms with van der Waals surface area (Å²) in [5, 5.41) is 0. The summed E-state index contributed by atoms with van der Waals surface area (Å²) >= 11 is 3.31. The van der Waals surface area contributed by atoms with Gasteiger partial charge in [0.1, 0.15) is 0 Å². The van der Waals surface area contributed by atoms with Crippen LogP contribution in [0.25, 0.3) is 0 Å². The number of hydrogen-bond acceptors (Lipinski definition) is 3. The zero-order valence-electron chi connectivity index (χ0n) is 10.9. The predicted molar refractivity (Wildman–Crippen MR) is 77.5 cm³/mol. The van der Waals surface area contributed by atoms with Crippen LogP contribution >= 0.6 is 15.9 Å². The summed E-state index contributed by atoms with van der Waals surface area (Å²) in [6.07, 6.45) is 1.91. The number of rotatable bonds is 4. The van der Waals surface area contributed by atoms with Gasteiger partial charge in [-0.2, -0.15) is 4.31 Å². The fourth-order valence-electron chi connectivity index (χ4n) is 2.41. The van der Waals surface area contributed by atoms with Crippen LogP contribution in [0.15, 0.2) is 33.6 Å². The molecule has 0 bridgehead atoms. The van der Waals surface area contributed by atoms with E-state index in [-0.39, 0.29) is 5.92 Å². The summed E-state index contributed by atoms with van der Waals surface area (Å²) in [7, 11) is -1.76. The second-order valence-electron chi connectivity index (χ2n) is 4.76. The lowest BCUT2D eigenvalue weighted by Gasteiger charge is -2.31. The Morgan fingerprint density at radius 2 is 2.16 bits per heavy atom. The van der Waals surface area contributed by atoms with Crippen molar-refractivity contribution < 1.29 is 13.2 Å². The molecule has 0 amide bonds. The number of methoxy groups -OCH3 is 1. The molecule has 4 nitrogen and oxygen atoms in total. The number of sulfonamides is 1. The van der Waals surface area contributed by atoms with E-state index in [2.05, 4.69) is 15.9 Å². The SMILES string of the molecule is COCC1CCCN(S(=O)(=O)c2ccccc2Br)C1. The van der Waals surface area contributed by atoms with Gasteiger partial charge < -0.3 is 4.74 Å². The van der Waals surface area contributed by atoms with E-state index in [1.807, 2.05) is 6.07 Å². The molecule has 1 aromatic carbocycles. The topological polar surface area (TPSA) is 46.6 Å². The van der Waals surface area contributed by atoms with Gasteiger partial charge >= 0.3 is 0 Å². The molecule has 0 aliphatic carbocycles. The average molecular weight is 348 g/mol. The Bertz CT molecular complexity index is 530. The zero-order valence-corrected chi connectivity index (χ0v) is 13.3. The van der Waals surface area contributed by atoms with Crippen molar-refractivity contribution in [2.45, 2.75) is 17.7 Å². The lowest BCUT2D eigenvalue weighted by Crippen LogP contribution is -2.41. The van der Waals surface area contributed by atoms with E-state index in [4.69, 9.17) is 4.74 Å². The van der Waals surface area contributed by atoms with E-state index in [1.54, 1.807) is 29.6 Å². The summed E-state index contributed by atoms with van der Waals surface area (Å²) < 4.78 is 32.6. The highest BCUT2D eigenvalue weighted by Gasteiger charge is 2.31. The third kappa shape index (κ3) is 3.37. The van der Waals surface area contributed by atoms with Gasteiger partial charge in [-0.25, -0.2) is 8.42 Å². The Kier molecular flexibility index (Phi) is 5.00. The van der Waals surface area contributed by atoms with Crippen LogP contribution < -0.4 is 0 Å². The number of hydrogen-bond donors (Lipinski definition) is 0. The minimum absolute atomic E-state index is 0.288. The van der Waals surface area contributed by atoms with Crippen LogP contribution in [0.4, 0.5) is 0 Å². The third-order valence-electron chi connectivity index (χ3n) is 3.34. The maximum absolute atomic E-state index is 12.6. The van der Waals surface area contributed by atoms with Gasteiger partial charge in [-0.15, -0.1) is 0 Å². The molecule has 0 N–H and O–H groups in total. The summed E-state index contributed by atoms with van der Waals surface area (Å²) in [4.78, 5) is 0.341. The largest absolute Gasteiger partial charge is 0.384 e. The maximum atomic E-state index is 12.6. The number of piperidine rings is 1. The van der Waals surface area contributed by atoms with E-state index in [9.17, 15) is 8.42 Å². The average Bonchev–Trinajstić information content (AvgIpc) is 2.40. The molecule has 1 aliphatic rings. The highest BCUT2D eigenvalue weighted by molar-refractivity contribution is 9.10. The van der Waals surface area contributed by atoms with E-state index in [1.165, 1.54) is 0 Å². The molecule has 1 aliphatic heterocycles. The molecule has 2 rings (SSSR count). The molecule has 6 heteroatoms. The van der Waals surface area contributed by atoms with Crippen molar-refractivity contribution in [1.82, 2.24) is 4.31 Å². The van der Waals surface area contributed by atoms with Crippen molar-refractivity contribution in [2.75, 3.05) is 26.8 Å². The molecule has 1 unspecified atom stereocenters. The van der Waals surface area contributed by atoms with Gasteiger partial charge in [0.05, 0.1) is 11.5 Å². The first kappa shape index (κ1) is 15.0. The Balaban J connectivity index is 2.22. The van der Waals surface area contributed by atoms with Crippen LogP contribution in [0, 0.1) is 5.92 Å². The number of benzene rings is 1. The number of nitrogens with zero attached hydrogens (tertiary/aromatic N) is 1. The standard InChI is InChI=1S/C13H18BrNO3S/c1-18-10-11-5-4-8-15(9-11)19(16,17)13-7-3-2-6-12(13)14/h2-3,6-7,11H,4-5,8-10H2,1H3. The van der Waals surface area contributed by atoms with Crippen molar-refractivity contribution in [3.63, 3.8) is 0 Å². The minimum Gasteiger partial charge on any atom is -0.384 e.